The lowest BCUT2D eigenvalue weighted by molar-refractivity contribution is 0.863. The average molecular weight is 206 g/mol. The normalized spacial score (nSPS) is 15.5. The van der Waals surface area contributed by atoms with Crippen LogP contribution in [-0.2, 0) is 0 Å². The molecule has 2 rings (SSSR count). The van der Waals surface area contributed by atoms with Crippen molar-refractivity contribution in [3.63, 3.8) is 0 Å². The van der Waals surface area contributed by atoms with Crippen LogP contribution in [0, 0.1) is 0 Å². The lowest BCUT2D eigenvalue weighted by atomic mass is 10.3. The second-order valence-corrected chi connectivity index (χ2v) is 4.32. The summed E-state index contributed by atoms with van der Waals surface area (Å²) >= 11 is 0. The Morgan fingerprint density at radius 3 is 2.60 bits per heavy atom. The molecule has 82 valence electrons. The van der Waals surface area contributed by atoms with Crippen molar-refractivity contribution in [3.8, 4) is 0 Å². The molecule has 4 heteroatoms. The first-order valence-corrected chi connectivity index (χ1v) is 5.52. The van der Waals surface area contributed by atoms with Gasteiger partial charge in [0.1, 0.15) is 5.82 Å². The molecule has 0 spiro atoms. The van der Waals surface area contributed by atoms with Gasteiger partial charge < -0.3 is 10.6 Å². The largest absolute Gasteiger partial charge is 0.373 e. The number of nitrogens with zero attached hydrogens (tertiary/aromatic N) is 2. The standard InChI is InChI=1S/C11H18N4/c1-7(2)13-11-14-9(8-4-5-8)6-10(12-3)15-11/h6-8H,4-5H2,1-3H3,(H2,12,13,14,15). The molecule has 0 atom stereocenters. The average Bonchev–Trinajstić information content (AvgIpc) is 2.99. The van der Waals surface area contributed by atoms with Gasteiger partial charge >= 0.3 is 0 Å². The minimum Gasteiger partial charge on any atom is -0.373 e. The summed E-state index contributed by atoms with van der Waals surface area (Å²) in [5.74, 6) is 2.29. The van der Waals surface area contributed by atoms with Crippen molar-refractivity contribution in [1.29, 1.82) is 0 Å². The Balaban J connectivity index is 2.24. The minimum atomic E-state index is 0.365. The summed E-state index contributed by atoms with van der Waals surface area (Å²) in [6.07, 6.45) is 2.53. The Morgan fingerprint density at radius 2 is 2.07 bits per heavy atom. The van der Waals surface area contributed by atoms with Gasteiger partial charge in [0.2, 0.25) is 5.95 Å². The van der Waals surface area contributed by atoms with Gasteiger partial charge in [-0.2, -0.15) is 4.98 Å². The smallest absolute Gasteiger partial charge is 0.225 e. The fourth-order valence-electron chi connectivity index (χ4n) is 1.51. The van der Waals surface area contributed by atoms with Crippen molar-refractivity contribution in [1.82, 2.24) is 9.97 Å². The van der Waals surface area contributed by atoms with Gasteiger partial charge in [0.05, 0.1) is 5.69 Å². The lowest BCUT2D eigenvalue weighted by Gasteiger charge is -2.11. The van der Waals surface area contributed by atoms with Crippen LogP contribution in [0.15, 0.2) is 6.07 Å². The van der Waals surface area contributed by atoms with Crippen LogP contribution < -0.4 is 10.6 Å². The van der Waals surface area contributed by atoms with E-state index in [-0.39, 0.29) is 0 Å². The molecule has 0 bridgehead atoms. The maximum absolute atomic E-state index is 4.52. The van der Waals surface area contributed by atoms with E-state index in [1.165, 1.54) is 12.8 Å². The van der Waals surface area contributed by atoms with Crippen LogP contribution in [0.3, 0.4) is 0 Å². The van der Waals surface area contributed by atoms with E-state index in [0.717, 1.165) is 17.5 Å². The van der Waals surface area contributed by atoms with Crippen LogP contribution in [0.25, 0.3) is 0 Å². The van der Waals surface area contributed by atoms with Gasteiger partial charge in [0, 0.05) is 25.1 Å². The number of anilines is 2. The SMILES string of the molecule is CNc1cc(C2CC2)nc(NC(C)C)n1. The van der Waals surface area contributed by atoms with Crippen LogP contribution >= 0.6 is 0 Å². The van der Waals surface area contributed by atoms with Gasteiger partial charge in [0.15, 0.2) is 0 Å². The van der Waals surface area contributed by atoms with Crippen LogP contribution in [0.4, 0.5) is 11.8 Å². The highest BCUT2D eigenvalue weighted by Gasteiger charge is 2.26. The van der Waals surface area contributed by atoms with Crippen LogP contribution in [-0.4, -0.2) is 23.1 Å². The molecule has 1 aromatic heterocycles. The molecular formula is C11H18N4. The predicted molar refractivity (Wildman–Crippen MR) is 62.3 cm³/mol. The fourth-order valence-corrected chi connectivity index (χ4v) is 1.51. The highest BCUT2D eigenvalue weighted by Crippen LogP contribution is 2.39. The van der Waals surface area contributed by atoms with Crippen molar-refractivity contribution < 1.29 is 0 Å². The van der Waals surface area contributed by atoms with E-state index in [2.05, 4.69) is 34.4 Å². The minimum absolute atomic E-state index is 0.365. The van der Waals surface area contributed by atoms with Crippen molar-refractivity contribution in [2.45, 2.75) is 38.6 Å². The quantitative estimate of drug-likeness (QED) is 0.793. The third-order valence-corrected chi connectivity index (χ3v) is 2.42. The van der Waals surface area contributed by atoms with Crippen LogP contribution in [0.1, 0.15) is 38.3 Å². The number of hydrogen-bond donors (Lipinski definition) is 2. The maximum Gasteiger partial charge on any atom is 0.225 e. The van der Waals surface area contributed by atoms with Crippen molar-refractivity contribution >= 4 is 11.8 Å². The van der Waals surface area contributed by atoms with E-state index in [4.69, 9.17) is 0 Å². The number of rotatable bonds is 4. The summed E-state index contributed by atoms with van der Waals surface area (Å²) in [7, 11) is 1.89. The molecule has 1 aliphatic rings. The Kier molecular flexibility index (Phi) is 2.75. The molecule has 0 aliphatic heterocycles. The Bertz CT molecular complexity index is 344. The zero-order chi connectivity index (χ0) is 10.8. The van der Waals surface area contributed by atoms with E-state index < -0.39 is 0 Å². The molecule has 1 fully saturated rings. The van der Waals surface area contributed by atoms with E-state index in [0.29, 0.717) is 12.0 Å². The fraction of sp³-hybridized carbons (Fsp3) is 0.636. The molecule has 1 saturated carbocycles. The molecule has 1 aliphatic carbocycles. The predicted octanol–water partition coefficient (Wildman–Crippen LogP) is 2.22. The van der Waals surface area contributed by atoms with Gasteiger partial charge in [-0.05, 0) is 26.7 Å². The van der Waals surface area contributed by atoms with Gasteiger partial charge in [0.25, 0.3) is 0 Å². The van der Waals surface area contributed by atoms with E-state index >= 15 is 0 Å². The molecule has 1 heterocycles. The van der Waals surface area contributed by atoms with Crippen LogP contribution in [0.5, 0.6) is 0 Å². The summed E-state index contributed by atoms with van der Waals surface area (Å²) < 4.78 is 0. The van der Waals surface area contributed by atoms with Crippen molar-refractivity contribution in [2.75, 3.05) is 17.7 Å². The summed E-state index contributed by atoms with van der Waals surface area (Å²) in [5.41, 5.74) is 1.16. The van der Waals surface area contributed by atoms with Gasteiger partial charge in [-0.15, -0.1) is 0 Å². The summed E-state index contributed by atoms with van der Waals surface area (Å²) in [6, 6.07) is 2.41. The molecule has 0 radical (unpaired) electrons. The molecule has 2 N–H and O–H groups in total. The highest BCUT2D eigenvalue weighted by molar-refractivity contribution is 5.43. The van der Waals surface area contributed by atoms with Crippen LogP contribution in [0.2, 0.25) is 0 Å². The molecule has 0 unspecified atom stereocenters. The van der Waals surface area contributed by atoms with E-state index in [1.54, 1.807) is 0 Å². The lowest BCUT2D eigenvalue weighted by Crippen LogP contribution is -2.14. The number of hydrogen-bond acceptors (Lipinski definition) is 4. The summed E-state index contributed by atoms with van der Waals surface area (Å²) in [6.45, 7) is 4.18. The zero-order valence-corrected chi connectivity index (χ0v) is 9.54. The first kappa shape index (κ1) is 10.2. The highest BCUT2D eigenvalue weighted by atomic mass is 15.1. The van der Waals surface area contributed by atoms with Crippen molar-refractivity contribution in [3.05, 3.63) is 11.8 Å². The Morgan fingerprint density at radius 1 is 1.33 bits per heavy atom. The number of aromatic nitrogens is 2. The molecule has 4 nitrogen and oxygen atoms in total. The molecule has 0 saturated heterocycles. The summed E-state index contributed by atoms with van der Waals surface area (Å²) in [4.78, 5) is 8.89. The third kappa shape index (κ3) is 2.58. The molecular weight excluding hydrogens is 188 g/mol. The number of nitrogens with one attached hydrogen (secondary N) is 2. The van der Waals surface area contributed by atoms with Gasteiger partial charge in [-0.3, -0.25) is 0 Å². The topological polar surface area (TPSA) is 49.8 Å². The van der Waals surface area contributed by atoms with Gasteiger partial charge in [-0.1, -0.05) is 0 Å². The Hall–Kier alpha value is -1.32. The van der Waals surface area contributed by atoms with Gasteiger partial charge in [-0.25, -0.2) is 4.98 Å². The molecule has 1 aromatic rings. The van der Waals surface area contributed by atoms with Crippen molar-refractivity contribution in [2.24, 2.45) is 0 Å². The molecule has 15 heavy (non-hydrogen) atoms. The first-order chi connectivity index (χ1) is 7.19. The molecule has 0 aromatic carbocycles. The van der Waals surface area contributed by atoms with E-state index in [9.17, 15) is 0 Å². The zero-order valence-electron chi connectivity index (χ0n) is 9.54. The second kappa shape index (κ2) is 4.04. The first-order valence-electron chi connectivity index (χ1n) is 5.52. The monoisotopic (exact) mass is 206 g/mol. The summed E-state index contributed by atoms with van der Waals surface area (Å²) in [5, 5.41) is 6.31. The third-order valence-electron chi connectivity index (χ3n) is 2.42. The maximum atomic E-state index is 4.52. The second-order valence-electron chi connectivity index (χ2n) is 4.32. The van der Waals surface area contributed by atoms with E-state index in [1.807, 2.05) is 13.1 Å². The molecule has 0 amide bonds. The Labute approximate surface area is 90.5 Å².